The first kappa shape index (κ1) is 15.0. The maximum Gasteiger partial charge on any atom is 0.317 e. The lowest BCUT2D eigenvalue weighted by molar-refractivity contribution is -0.152. The van der Waals surface area contributed by atoms with Crippen LogP contribution in [0.3, 0.4) is 0 Å². The molecule has 0 radical (unpaired) electrons. The highest BCUT2D eigenvalue weighted by molar-refractivity contribution is 8.78. The minimum atomic E-state index is -0.865. The monoisotopic (exact) mass is 314 g/mol. The molecule has 0 saturated carbocycles. The number of aliphatic carboxylic acids is 1. The van der Waals surface area contributed by atoms with Crippen LogP contribution in [0.4, 0.5) is 0 Å². The minimum absolute atomic E-state index is 0.197. The van der Waals surface area contributed by atoms with Gasteiger partial charge < -0.3 is 5.11 Å². The van der Waals surface area contributed by atoms with Crippen LogP contribution in [-0.4, -0.2) is 44.7 Å². The van der Waals surface area contributed by atoms with E-state index in [1.165, 1.54) is 21.6 Å². The molecule has 1 N–H and O–H groups in total. The lowest BCUT2D eigenvalue weighted by Gasteiger charge is -2.31. The van der Waals surface area contributed by atoms with E-state index in [1.807, 2.05) is 6.08 Å². The number of rotatable bonds is 5. The summed E-state index contributed by atoms with van der Waals surface area (Å²) in [6, 6.07) is 0. The fourth-order valence-corrected chi connectivity index (χ4v) is 3.78. The van der Waals surface area contributed by atoms with E-state index in [0.29, 0.717) is 6.54 Å². The van der Waals surface area contributed by atoms with Gasteiger partial charge in [-0.25, -0.2) is 0 Å². The van der Waals surface area contributed by atoms with Crippen LogP contribution in [0.2, 0.25) is 0 Å². The van der Waals surface area contributed by atoms with Crippen molar-refractivity contribution >= 4 is 39.4 Å². The fourth-order valence-electron chi connectivity index (χ4n) is 1.73. The Morgan fingerprint density at radius 3 is 2.60 bits per heavy atom. The van der Waals surface area contributed by atoms with E-state index in [-0.39, 0.29) is 24.7 Å². The van der Waals surface area contributed by atoms with Crippen LogP contribution in [0.1, 0.15) is 19.8 Å². The molecule has 2 heterocycles. The van der Waals surface area contributed by atoms with Crippen molar-refractivity contribution in [2.75, 3.05) is 6.54 Å². The molecule has 1 fully saturated rings. The first-order valence-corrected chi connectivity index (χ1v) is 8.26. The number of allylic oxidation sites excluding steroid dienone is 2. The van der Waals surface area contributed by atoms with Gasteiger partial charge >= 0.3 is 5.97 Å². The molecule has 1 atom stereocenters. The Morgan fingerprint density at radius 1 is 1.35 bits per heavy atom. The van der Waals surface area contributed by atoms with Gasteiger partial charge in [-0.05, 0) is 19.1 Å². The summed E-state index contributed by atoms with van der Waals surface area (Å²) in [5.41, 5.74) is 0. The standard InChI is InChI=1S/C12H14N2O4S2/c1-8(12(17)18)19-20-9-3-2-6-13(7-9)14-10(15)4-5-11(14)16/h2-3,6,8H,4-5,7H2,1H3,(H,17,18). The Hall–Kier alpha value is -1.41. The third-order valence-corrected chi connectivity index (χ3v) is 5.65. The molecule has 0 bridgehead atoms. The van der Waals surface area contributed by atoms with E-state index >= 15 is 0 Å². The van der Waals surface area contributed by atoms with Gasteiger partial charge in [0.15, 0.2) is 0 Å². The lowest BCUT2D eigenvalue weighted by Crippen LogP contribution is -2.44. The van der Waals surface area contributed by atoms with Gasteiger partial charge in [0.1, 0.15) is 5.25 Å². The van der Waals surface area contributed by atoms with Crippen LogP contribution in [0, 0.1) is 0 Å². The van der Waals surface area contributed by atoms with Gasteiger partial charge in [0.2, 0.25) is 11.8 Å². The van der Waals surface area contributed by atoms with Crippen molar-refractivity contribution < 1.29 is 19.5 Å². The zero-order chi connectivity index (χ0) is 14.7. The predicted octanol–water partition coefficient (Wildman–Crippen LogP) is 1.62. The highest BCUT2D eigenvalue weighted by Gasteiger charge is 2.33. The molecule has 2 amide bonds. The van der Waals surface area contributed by atoms with Gasteiger partial charge in [-0.1, -0.05) is 21.6 Å². The molecular weight excluding hydrogens is 300 g/mol. The summed E-state index contributed by atoms with van der Waals surface area (Å²) in [7, 11) is 2.59. The second kappa shape index (κ2) is 6.36. The molecule has 1 saturated heterocycles. The van der Waals surface area contributed by atoms with Crippen LogP contribution in [-0.2, 0) is 14.4 Å². The summed E-state index contributed by atoms with van der Waals surface area (Å²) in [6.45, 7) is 2.02. The molecule has 6 nitrogen and oxygen atoms in total. The number of amides is 2. The van der Waals surface area contributed by atoms with Crippen LogP contribution in [0.25, 0.3) is 0 Å². The number of imide groups is 1. The zero-order valence-electron chi connectivity index (χ0n) is 10.8. The maximum absolute atomic E-state index is 11.7. The number of carbonyl (C=O) groups is 3. The first-order chi connectivity index (χ1) is 9.49. The summed E-state index contributed by atoms with van der Waals surface area (Å²) in [6.07, 6.45) is 5.78. The number of hydrogen-bond acceptors (Lipinski definition) is 6. The third kappa shape index (κ3) is 3.37. The van der Waals surface area contributed by atoms with Gasteiger partial charge in [-0.2, -0.15) is 5.01 Å². The summed E-state index contributed by atoms with van der Waals surface area (Å²) in [5, 5.41) is 11.0. The zero-order valence-corrected chi connectivity index (χ0v) is 12.4. The quantitative estimate of drug-likeness (QED) is 0.610. The van der Waals surface area contributed by atoms with E-state index < -0.39 is 11.2 Å². The van der Waals surface area contributed by atoms with Crippen molar-refractivity contribution in [2.24, 2.45) is 0 Å². The molecule has 0 aromatic heterocycles. The first-order valence-electron chi connectivity index (χ1n) is 6.05. The van der Waals surface area contributed by atoms with Gasteiger partial charge in [0, 0.05) is 23.9 Å². The van der Waals surface area contributed by atoms with Gasteiger partial charge in [0.25, 0.3) is 0 Å². The Labute approximate surface area is 124 Å². The number of hydrogen-bond donors (Lipinski definition) is 1. The molecule has 2 aliphatic heterocycles. The van der Waals surface area contributed by atoms with Crippen molar-refractivity contribution in [3.8, 4) is 0 Å². The molecular formula is C12H14N2O4S2. The molecule has 0 aromatic rings. The van der Waals surface area contributed by atoms with Gasteiger partial charge in [0.05, 0.1) is 6.54 Å². The average molecular weight is 314 g/mol. The molecule has 108 valence electrons. The topological polar surface area (TPSA) is 77.9 Å². The van der Waals surface area contributed by atoms with Crippen LogP contribution in [0.5, 0.6) is 0 Å². The molecule has 2 aliphatic rings. The molecule has 8 heteroatoms. The summed E-state index contributed by atoms with van der Waals surface area (Å²) >= 11 is 0. The number of carboxylic acids is 1. The number of hydrazine groups is 1. The Morgan fingerprint density at radius 2 is 2.00 bits per heavy atom. The molecule has 2 rings (SSSR count). The van der Waals surface area contributed by atoms with Crippen LogP contribution < -0.4 is 0 Å². The maximum atomic E-state index is 11.7. The molecule has 0 aromatic carbocycles. The summed E-state index contributed by atoms with van der Waals surface area (Å²) in [4.78, 5) is 35.0. The number of carboxylic acid groups (broad SMARTS) is 1. The Balaban J connectivity index is 1.94. The van der Waals surface area contributed by atoms with Crippen LogP contribution in [0.15, 0.2) is 23.3 Å². The van der Waals surface area contributed by atoms with Crippen molar-refractivity contribution in [3.63, 3.8) is 0 Å². The second-order valence-electron chi connectivity index (χ2n) is 4.33. The van der Waals surface area contributed by atoms with Crippen molar-refractivity contribution in [3.05, 3.63) is 23.3 Å². The minimum Gasteiger partial charge on any atom is -0.480 e. The highest BCUT2D eigenvalue weighted by atomic mass is 33.1. The predicted molar refractivity (Wildman–Crippen MR) is 77.3 cm³/mol. The number of nitrogens with zero attached hydrogens (tertiary/aromatic N) is 2. The highest BCUT2D eigenvalue weighted by Crippen LogP contribution is 2.36. The lowest BCUT2D eigenvalue weighted by atomic mass is 10.4. The SMILES string of the molecule is CC(SSC1=CC=CN(N2C(=O)CCC2=O)C1)C(=O)O. The van der Waals surface area contributed by atoms with Crippen molar-refractivity contribution in [1.29, 1.82) is 0 Å². The Bertz CT molecular complexity index is 488. The fraction of sp³-hybridized carbons (Fsp3) is 0.417. The largest absolute Gasteiger partial charge is 0.480 e. The summed E-state index contributed by atoms with van der Waals surface area (Å²) < 4.78 is 0. The van der Waals surface area contributed by atoms with E-state index in [0.717, 1.165) is 9.91 Å². The second-order valence-corrected chi connectivity index (χ2v) is 7.00. The molecule has 0 aliphatic carbocycles. The summed E-state index contributed by atoms with van der Waals surface area (Å²) in [5.74, 6) is -1.26. The molecule has 20 heavy (non-hydrogen) atoms. The smallest absolute Gasteiger partial charge is 0.317 e. The van der Waals surface area contributed by atoms with Crippen molar-refractivity contribution in [2.45, 2.75) is 25.0 Å². The normalized spacial score (nSPS) is 20.4. The average Bonchev–Trinajstić information content (AvgIpc) is 2.75. The Kier molecular flexibility index (Phi) is 4.77. The molecule has 0 spiro atoms. The third-order valence-electron chi connectivity index (χ3n) is 2.79. The van der Waals surface area contributed by atoms with Crippen molar-refractivity contribution in [1.82, 2.24) is 10.0 Å². The van der Waals surface area contributed by atoms with Gasteiger partial charge in [-0.3, -0.25) is 19.4 Å². The van der Waals surface area contributed by atoms with E-state index in [9.17, 15) is 14.4 Å². The van der Waals surface area contributed by atoms with Crippen LogP contribution >= 0.6 is 21.6 Å². The van der Waals surface area contributed by atoms with E-state index in [2.05, 4.69) is 0 Å². The number of carbonyl (C=O) groups excluding carboxylic acids is 2. The van der Waals surface area contributed by atoms with E-state index in [4.69, 9.17) is 5.11 Å². The van der Waals surface area contributed by atoms with E-state index in [1.54, 1.807) is 24.2 Å². The van der Waals surface area contributed by atoms with Gasteiger partial charge in [-0.15, -0.1) is 0 Å². The molecule has 1 unspecified atom stereocenters.